The van der Waals surface area contributed by atoms with Gasteiger partial charge in [0, 0.05) is 16.2 Å². The monoisotopic (exact) mass is 303 g/mol. The molecule has 1 aliphatic heterocycles. The van der Waals surface area contributed by atoms with Crippen LogP contribution in [0, 0.1) is 0 Å². The minimum atomic E-state index is 0.263. The largest absolute Gasteiger partial charge is 0.354 e. The van der Waals surface area contributed by atoms with E-state index in [2.05, 4.69) is 24.4 Å². The summed E-state index contributed by atoms with van der Waals surface area (Å²) in [5.74, 6) is 1.29. The van der Waals surface area contributed by atoms with Gasteiger partial charge >= 0.3 is 0 Å². The summed E-state index contributed by atoms with van der Waals surface area (Å²) in [6.45, 7) is 2.18. The molecule has 0 saturated carbocycles. The average Bonchev–Trinajstić information content (AvgIpc) is 2.46. The molecule has 1 aromatic carbocycles. The topological polar surface area (TPSA) is 29.1 Å². The number of thioether (sulfide) groups is 2. The first-order chi connectivity index (χ1) is 9.78. The summed E-state index contributed by atoms with van der Waals surface area (Å²) in [6.07, 6.45) is 4.90. The molecule has 20 heavy (non-hydrogen) atoms. The molecule has 1 heterocycles. The van der Waals surface area contributed by atoms with Gasteiger partial charge in [0.2, 0.25) is 0 Å². The number of ketones is 1. The maximum absolute atomic E-state index is 12.2. The lowest BCUT2D eigenvalue weighted by Gasteiger charge is -2.25. The van der Waals surface area contributed by atoms with Crippen molar-refractivity contribution in [2.24, 2.45) is 0 Å². The van der Waals surface area contributed by atoms with Crippen LogP contribution in [0.25, 0.3) is 0 Å². The van der Waals surface area contributed by atoms with E-state index in [1.807, 2.05) is 18.2 Å². The summed E-state index contributed by atoms with van der Waals surface area (Å²) in [6, 6.07) is 8.24. The van der Waals surface area contributed by atoms with Crippen LogP contribution in [0.5, 0.6) is 0 Å². The zero-order chi connectivity index (χ0) is 13.9. The number of nitrogens with one attached hydrogen (secondary N) is 1. The number of rotatable bonds is 4. The summed E-state index contributed by atoms with van der Waals surface area (Å²) in [4.78, 5) is 15.4. The molecule has 1 aromatic rings. The van der Waals surface area contributed by atoms with Crippen LogP contribution in [0.1, 0.15) is 26.2 Å². The lowest BCUT2D eigenvalue weighted by molar-refractivity contribution is -0.114. The molecule has 0 unspecified atom stereocenters. The van der Waals surface area contributed by atoms with E-state index in [1.54, 1.807) is 23.5 Å². The van der Waals surface area contributed by atoms with Crippen molar-refractivity contribution in [3.8, 4) is 0 Å². The molecule has 1 N–H and O–H groups in total. The molecular weight excluding hydrogens is 286 g/mol. The molecular formula is C16H17NOS2. The zero-order valence-electron chi connectivity index (χ0n) is 11.4. The quantitative estimate of drug-likeness (QED) is 0.809. The minimum Gasteiger partial charge on any atom is -0.354 e. The molecule has 0 bridgehead atoms. The number of hydrogen-bond acceptors (Lipinski definition) is 4. The van der Waals surface area contributed by atoms with Crippen molar-refractivity contribution in [3.05, 3.63) is 45.8 Å². The van der Waals surface area contributed by atoms with Gasteiger partial charge in [-0.05, 0) is 30.4 Å². The Hall–Kier alpha value is -1.13. The lowest BCUT2D eigenvalue weighted by Crippen LogP contribution is -2.15. The Morgan fingerprint density at radius 2 is 2.20 bits per heavy atom. The van der Waals surface area contributed by atoms with Gasteiger partial charge in [-0.15, -0.1) is 11.8 Å². The molecule has 0 spiro atoms. The van der Waals surface area contributed by atoms with Crippen molar-refractivity contribution in [1.29, 1.82) is 0 Å². The van der Waals surface area contributed by atoms with Gasteiger partial charge in [0.25, 0.3) is 0 Å². The predicted molar refractivity (Wildman–Crippen MR) is 88.0 cm³/mol. The Bertz CT molecular complexity index is 604. The van der Waals surface area contributed by atoms with Crippen molar-refractivity contribution in [2.45, 2.75) is 31.1 Å². The van der Waals surface area contributed by atoms with Gasteiger partial charge in [-0.25, -0.2) is 0 Å². The zero-order valence-corrected chi connectivity index (χ0v) is 13.1. The normalized spacial score (nSPS) is 17.2. The first-order valence-corrected chi connectivity index (χ1v) is 8.73. The SMILES string of the molecule is CCCCSC1=CC2=C(CC1=O)Sc1ccccc1N2. The van der Waals surface area contributed by atoms with Crippen LogP contribution < -0.4 is 5.32 Å². The Morgan fingerprint density at radius 3 is 3.05 bits per heavy atom. The van der Waals surface area contributed by atoms with Crippen molar-refractivity contribution in [2.75, 3.05) is 11.1 Å². The van der Waals surface area contributed by atoms with E-state index in [4.69, 9.17) is 0 Å². The highest BCUT2D eigenvalue weighted by atomic mass is 32.2. The van der Waals surface area contributed by atoms with E-state index in [0.717, 1.165) is 33.4 Å². The molecule has 0 saturated heterocycles. The van der Waals surface area contributed by atoms with Crippen LogP contribution in [-0.4, -0.2) is 11.5 Å². The first kappa shape index (κ1) is 13.8. The van der Waals surface area contributed by atoms with Gasteiger partial charge in [0.15, 0.2) is 5.78 Å². The number of carbonyl (C=O) groups excluding carboxylic acids is 1. The third-order valence-corrected chi connectivity index (χ3v) is 5.65. The van der Waals surface area contributed by atoms with Gasteiger partial charge in [0.05, 0.1) is 16.3 Å². The summed E-state index contributed by atoms with van der Waals surface area (Å²) in [5.41, 5.74) is 2.24. The summed E-state index contributed by atoms with van der Waals surface area (Å²) >= 11 is 3.41. The third-order valence-electron chi connectivity index (χ3n) is 3.32. The van der Waals surface area contributed by atoms with Gasteiger partial charge in [-0.2, -0.15) is 0 Å². The second kappa shape index (κ2) is 6.10. The molecule has 0 atom stereocenters. The third kappa shape index (κ3) is 2.81. The van der Waals surface area contributed by atoms with Crippen molar-refractivity contribution in [1.82, 2.24) is 0 Å². The number of para-hydroxylation sites is 1. The second-order valence-electron chi connectivity index (χ2n) is 4.87. The summed E-state index contributed by atoms with van der Waals surface area (Å²) < 4.78 is 0. The number of unbranched alkanes of at least 4 members (excludes halogenated alkanes) is 1. The van der Waals surface area contributed by atoms with E-state index in [1.165, 1.54) is 11.3 Å². The van der Waals surface area contributed by atoms with Crippen LogP contribution in [0.4, 0.5) is 5.69 Å². The van der Waals surface area contributed by atoms with E-state index >= 15 is 0 Å². The molecule has 104 valence electrons. The molecule has 3 rings (SSSR count). The maximum Gasteiger partial charge on any atom is 0.174 e. The first-order valence-electron chi connectivity index (χ1n) is 6.92. The van der Waals surface area contributed by atoms with E-state index in [-0.39, 0.29) is 5.78 Å². The Kier molecular flexibility index (Phi) is 4.22. The number of Topliss-reactive ketones (excluding diaryl/α,β-unsaturated/α-hetero) is 1. The maximum atomic E-state index is 12.2. The van der Waals surface area contributed by atoms with E-state index in [0.29, 0.717) is 6.42 Å². The van der Waals surface area contributed by atoms with E-state index < -0.39 is 0 Å². The highest BCUT2D eigenvalue weighted by molar-refractivity contribution is 8.04. The van der Waals surface area contributed by atoms with Crippen LogP contribution in [0.2, 0.25) is 0 Å². The Labute approximate surface area is 128 Å². The molecule has 4 heteroatoms. The summed E-state index contributed by atoms with van der Waals surface area (Å²) in [7, 11) is 0. The number of anilines is 1. The molecule has 1 aliphatic carbocycles. The van der Waals surface area contributed by atoms with Crippen LogP contribution in [0.3, 0.4) is 0 Å². The van der Waals surface area contributed by atoms with Crippen molar-refractivity contribution in [3.63, 3.8) is 0 Å². The smallest absolute Gasteiger partial charge is 0.174 e. The number of allylic oxidation sites excluding steroid dienone is 3. The molecule has 2 aliphatic rings. The van der Waals surface area contributed by atoms with Crippen molar-refractivity contribution < 1.29 is 4.79 Å². The molecule has 0 radical (unpaired) electrons. The lowest BCUT2D eigenvalue weighted by atomic mass is 10.1. The summed E-state index contributed by atoms with van der Waals surface area (Å²) in [5, 5.41) is 3.46. The molecule has 2 nitrogen and oxygen atoms in total. The fraction of sp³-hybridized carbons (Fsp3) is 0.312. The number of hydrogen-bond donors (Lipinski definition) is 1. The van der Waals surface area contributed by atoms with Gasteiger partial charge in [-0.3, -0.25) is 4.79 Å². The fourth-order valence-electron chi connectivity index (χ4n) is 2.20. The predicted octanol–water partition coefficient (Wildman–Crippen LogP) is 4.81. The highest BCUT2D eigenvalue weighted by Crippen LogP contribution is 2.44. The minimum absolute atomic E-state index is 0.263. The fourth-order valence-corrected chi connectivity index (χ4v) is 4.35. The highest BCUT2D eigenvalue weighted by Gasteiger charge is 2.25. The Morgan fingerprint density at radius 1 is 1.35 bits per heavy atom. The molecule has 0 aromatic heterocycles. The Balaban J connectivity index is 1.80. The molecule has 0 amide bonds. The van der Waals surface area contributed by atoms with Crippen LogP contribution in [0.15, 0.2) is 50.7 Å². The number of fused-ring (bicyclic) bond motifs is 1. The van der Waals surface area contributed by atoms with Crippen molar-refractivity contribution >= 4 is 35.0 Å². The van der Waals surface area contributed by atoms with Crippen LogP contribution >= 0.6 is 23.5 Å². The molecule has 0 fully saturated rings. The second-order valence-corrected chi connectivity index (χ2v) is 7.14. The van der Waals surface area contributed by atoms with Crippen LogP contribution in [-0.2, 0) is 4.79 Å². The average molecular weight is 303 g/mol. The number of carbonyl (C=O) groups is 1. The van der Waals surface area contributed by atoms with E-state index in [9.17, 15) is 4.79 Å². The van der Waals surface area contributed by atoms with Gasteiger partial charge < -0.3 is 5.32 Å². The standard InChI is InChI=1S/C16H17NOS2/c1-2-3-8-19-16-9-12-15(10-13(16)18)20-14-7-5-4-6-11(14)17-12/h4-7,9,17H,2-3,8,10H2,1H3. The number of benzene rings is 1. The van der Waals surface area contributed by atoms with Gasteiger partial charge in [-0.1, -0.05) is 37.2 Å². The van der Waals surface area contributed by atoms with Gasteiger partial charge in [0.1, 0.15) is 0 Å².